The summed E-state index contributed by atoms with van der Waals surface area (Å²) in [6.45, 7) is 9.13. The van der Waals surface area contributed by atoms with E-state index in [-0.39, 0.29) is 19.2 Å². The minimum absolute atomic E-state index is 0.284. The van der Waals surface area contributed by atoms with E-state index in [9.17, 15) is 14.4 Å². The number of carbonyl (C=O) groups excluding carboxylic acids is 3. The quantitative estimate of drug-likeness (QED) is 0.149. The van der Waals surface area contributed by atoms with Crippen molar-refractivity contribution in [3.8, 4) is 0 Å². The molecule has 0 heterocycles. The molecule has 0 N–H and O–H groups in total. The molecule has 0 radical (unpaired) electrons. The Balaban J connectivity index is 1.80. The number of benzene rings is 3. The summed E-state index contributed by atoms with van der Waals surface area (Å²) in [5.74, 6) is -1.16. The van der Waals surface area contributed by atoms with Gasteiger partial charge in [-0.3, -0.25) is 4.79 Å². The maximum atomic E-state index is 11.3. The molecule has 0 fully saturated rings. The number of ether oxygens (including phenoxy) is 3. The van der Waals surface area contributed by atoms with Gasteiger partial charge in [0.05, 0.1) is 19.8 Å². The maximum absolute atomic E-state index is 11.3. The first-order valence-electron chi connectivity index (χ1n) is 12.7. The molecule has 0 saturated heterocycles. The third kappa shape index (κ3) is 9.31. The minimum atomic E-state index is -0.434. The van der Waals surface area contributed by atoms with Crippen LogP contribution in [0, 0.1) is 0 Å². The summed E-state index contributed by atoms with van der Waals surface area (Å²) >= 11 is 0. The Hall–Kier alpha value is -4.65. The molecule has 0 unspecified atom stereocenters. The van der Waals surface area contributed by atoms with Crippen molar-refractivity contribution < 1.29 is 28.6 Å². The summed E-state index contributed by atoms with van der Waals surface area (Å²) in [5.41, 5.74) is 6.03. The topological polar surface area (TPSA) is 82.1 Å². The number of nitrogens with zero attached hydrogens (tertiary/aromatic N) is 1. The van der Waals surface area contributed by atoms with Gasteiger partial charge in [0.15, 0.2) is 0 Å². The molecule has 0 amide bonds. The monoisotopic (exact) mass is 527 g/mol. The lowest BCUT2D eigenvalue weighted by Crippen LogP contribution is -2.11. The standard InChI is InChI=1S/C32H33NO6/c1-4-31(35)38-22-19-26-8-14-29(15-9-26)33(28-12-6-25(7-13-28)18-21-37-24(3)34)30-16-10-27(11-17-30)20-23-39-32(36)5-2/h4-17H,1-2,18-23H2,3H3. The van der Waals surface area contributed by atoms with Gasteiger partial charge in [0, 0.05) is 55.4 Å². The Kier molecular flexibility index (Phi) is 11.1. The van der Waals surface area contributed by atoms with Gasteiger partial charge in [0.25, 0.3) is 0 Å². The van der Waals surface area contributed by atoms with Crippen LogP contribution < -0.4 is 4.90 Å². The molecule has 0 aliphatic rings. The van der Waals surface area contributed by atoms with Crippen molar-refractivity contribution >= 4 is 35.0 Å². The van der Waals surface area contributed by atoms with Crippen molar-refractivity contribution in [1.82, 2.24) is 0 Å². The van der Waals surface area contributed by atoms with Crippen LogP contribution in [-0.4, -0.2) is 37.7 Å². The second kappa shape index (κ2) is 14.9. The maximum Gasteiger partial charge on any atom is 0.330 e. The van der Waals surface area contributed by atoms with Crippen molar-refractivity contribution in [1.29, 1.82) is 0 Å². The molecular weight excluding hydrogens is 494 g/mol. The molecule has 0 spiro atoms. The summed E-state index contributed by atoms with van der Waals surface area (Å²) in [6.07, 6.45) is 4.14. The van der Waals surface area contributed by atoms with Crippen LogP contribution in [0.2, 0.25) is 0 Å². The molecule has 7 nitrogen and oxygen atoms in total. The van der Waals surface area contributed by atoms with Gasteiger partial charge in [-0.15, -0.1) is 0 Å². The second-order valence-corrected chi connectivity index (χ2v) is 8.67. The normalized spacial score (nSPS) is 10.3. The van der Waals surface area contributed by atoms with Gasteiger partial charge in [0.1, 0.15) is 0 Å². The Morgan fingerprint density at radius 3 is 1.18 bits per heavy atom. The fourth-order valence-corrected chi connectivity index (χ4v) is 3.85. The Morgan fingerprint density at radius 2 is 0.897 bits per heavy atom. The van der Waals surface area contributed by atoms with Gasteiger partial charge in [0.2, 0.25) is 0 Å². The molecule has 3 rings (SSSR count). The molecule has 3 aromatic carbocycles. The molecule has 0 aliphatic carbocycles. The van der Waals surface area contributed by atoms with E-state index < -0.39 is 11.9 Å². The van der Waals surface area contributed by atoms with E-state index in [0.717, 1.165) is 45.9 Å². The summed E-state index contributed by atoms with van der Waals surface area (Å²) in [6, 6.07) is 24.3. The highest BCUT2D eigenvalue weighted by atomic mass is 16.5. The lowest BCUT2D eigenvalue weighted by Gasteiger charge is -2.26. The molecule has 3 aromatic rings. The Bertz CT molecular complexity index is 1190. The fraction of sp³-hybridized carbons (Fsp3) is 0.219. The molecule has 7 heteroatoms. The van der Waals surface area contributed by atoms with Gasteiger partial charge >= 0.3 is 17.9 Å². The number of hydrogen-bond acceptors (Lipinski definition) is 7. The van der Waals surface area contributed by atoms with E-state index in [2.05, 4.69) is 18.1 Å². The number of esters is 3. The smallest absolute Gasteiger partial charge is 0.330 e. The fourth-order valence-electron chi connectivity index (χ4n) is 3.85. The first kappa shape index (κ1) is 28.9. The first-order valence-corrected chi connectivity index (χ1v) is 12.7. The van der Waals surface area contributed by atoms with Crippen LogP contribution in [0.3, 0.4) is 0 Å². The number of rotatable bonds is 14. The van der Waals surface area contributed by atoms with E-state index in [0.29, 0.717) is 25.9 Å². The first-order chi connectivity index (χ1) is 18.9. The van der Waals surface area contributed by atoms with Gasteiger partial charge in [-0.2, -0.15) is 0 Å². The SMILES string of the molecule is C=CC(=O)OCCc1ccc(N(c2ccc(CCOC(C)=O)cc2)c2ccc(CCOC(=O)C=C)cc2)cc1. The summed E-state index contributed by atoms with van der Waals surface area (Å²) in [7, 11) is 0. The van der Waals surface area contributed by atoms with Crippen LogP contribution in [0.15, 0.2) is 98.1 Å². The van der Waals surface area contributed by atoms with E-state index >= 15 is 0 Å². The minimum Gasteiger partial charge on any atom is -0.466 e. The van der Waals surface area contributed by atoms with Crippen LogP contribution >= 0.6 is 0 Å². The van der Waals surface area contributed by atoms with Crippen LogP contribution in [0.1, 0.15) is 23.6 Å². The zero-order valence-electron chi connectivity index (χ0n) is 22.1. The number of carbonyl (C=O) groups is 3. The largest absolute Gasteiger partial charge is 0.466 e. The van der Waals surface area contributed by atoms with Crippen LogP contribution in [0.25, 0.3) is 0 Å². The molecule has 0 saturated carbocycles. The predicted octanol–water partition coefficient (Wildman–Crippen LogP) is 5.81. The predicted molar refractivity (Wildman–Crippen MR) is 151 cm³/mol. The summed E-state index contributed by atoms with van der Waals surface area (Å²) in [5, 5.41) is 0. The van der Waals surface area contributed by atoms with Crippen LogP contribution in [0.4, 0.5) is 17.1 Å². The van der Waals surface area contributed by atoms with E-state index in [1.165, 1.54) is 6.92 Å². The van der Waals surface area contributed by atoms with E-state index in [4.69, 9.17) is 14.2 Å². The van der Waals surface area contributed by atoms with Crippen molar-refractivity contribution in [3.63, 3.8) is 0 Å². The highest BCUT2D eigenvalue weighted by Crippen LogP contribution is 2.35. The molecule has 202 valence electrons. The lowest BCUT2D eigenvalue weighted by atomic mass is 10.1. The third-order valence-corrected chi connectivity index (χ3v) is 5.88. The Morgan fingerprint density at radius 1 is 0.590 bits per heavy atom. The van der Waals surface area contributed by atoms with Crippen molar-refractivity contribution in [2.75, 3.05) is 24.7 Å². The van der Waals surface area contributed by atoms with Crippen molar-refractivity contribution in [3.05, 3.63) is 115 Å². The number of hydrogen-bond donors (Lipinski definition) is 0. The summed E-state index contributed by atoms with van der Waals surface area (Å²) < 4.78 is 15.3. The number of anilines is 3. The van der Waals surface area contributed by atoms with Crippen molar-refractivity contribution in [2.45, 2.75) is 26.2 Å². The molecule has 0 aliphatic heterocycles. The van der Waals surface area contributed by atoms with Gasteiger partial charge < -0.3 is 19.1 Å². The molecular formula is C32H33NO6. The molecule has 0 bridgehead atoms. The lowest BCUT2D eigenvalue weighted by molar-refractivity contribution is -0.141. The summed E-state index contributed by atoms with van der Waals surface area (Å²) in [4.78, 5) is 35.8. The third-order valence-electron chi connectivity index (χ3n) is 5.88. The van der Waals surface area contributed by atoms with Gasteiger partial charge in [-0.05, 0) is 53.1 Å². The average molecular weight is 528 g/mol. The van der Waals surface area contributed by atoms with Crippen LogP contribution in [-0.2, 0) is 47.9 Å². The molecule has 0 atom stereocenters. The molecule has 39 heavy (non-hydrogen) atoms. The zero-order valence-corrected chi connectivity index (χ0v) is 22.1. The van der Waals surface area contributed by atoms with Crippen molar-refractivity contribution in [2.24, 2.45) is 0 Å². The van der Waals surface area contributed by atoms with E-state index in [1.807, 2.05) is 72.8 Å². The average Bonchev–Trinajstić information content (AvgIpc) is 2.95. The zero-order chi connectivity index (χ0) is 28.0. The molecule has 0 aromatic heterocycles. The highest BCUT2D eigenvalue weighted by Gasteiger charge is 2.13. The van der Waals surface area contributed by atoms with Gasteiger partial charge in [-0.25, -0.2) is 9.59 Å². The van der Waals surface area contributed by atoms with Crippen LogP contribution in [0.5, 0.6) is 0 Å². The highest BCUT2D eigenvalue weighted by molar-refractivity contribution is 5.81. The van der Waals surface area contributed by atoms with E-state index in [1.54, 1.807) is 0 Å². The Labute approximate surface area is 229 Å². The van der Waals surface area contributed by atoms with Gasteiger partial charge in [-0.1, -0.05) is 49.6 Å². The second-order valence-electron chi connectivity index (χ2n) is 8.67.